The summed E-state index contributed by atoms with van der Waals surface area (Å²) in [5, 5.41) is 0.870. The molecular formula is C19H15ClF3NO3. The van der Waals surface area contributed by atoms with Gasteiger partial charge in [0.05, 0.1) is 17.6 Å². The van der Waals surface area contributed by atoms with E-state index in [1.807, 2.05) is 12.1 Å². The molecule has 1 aromatic heterocycles. The topological polar surface area (TPSA) is 40.6 Å². The van der Waals surface area contributed by atoms with E-state index in [0.29, 0.717) is 27.4 Å². The van der Waals surface area contributed by atoms with Crippen LogP contribution in [0, 0.1) is 0 Å². The predicted octanol–water partition coefficient (Wildman–Crippen LogP) is 5.42. The van der Waals surface area contributed by atoms with Gasteiger partial charge in [0.25, 0.3) is 0 Å². The molecule has 0 bridgehead atoms. The van der Waals surface area contributed by atoms with E-state index in [-0.39, 0.29) is 12.5 Å². The van der Waals surface area contributed by atoms with E-state index in [1.54, 1.807) is 37.4 Å². The van der Waals surface area contributed by atoms with Crippen LogP contribution in [0.15, 0.2) is 48.5 Å². The number of nitrogens with zero attached hydrogens (tertiary/aromatic N) is 1. The van der Waals surface area contributed by atoms with Gasteiger partial charge in [-0.2, -0.15) is 13.2 Å². The molecule has 0 spiro atoms. The van der Waals surface area contributed by atoms with Crippen LogP contribution >= 0.6 is 11.6 Å². The molecule has 0 saturated heterocycles. The Morgan fingerprint density at radius 1 is 1.04 bits per heavy atom. The van der Waals surface area contributed by atoms with Crippen molar-refractivity contribution in [2.45, 2.75) is 12.8 Å². The average molecular weight is 398 g/mol. The average Bonchev–Trinajstić information content (AvgIpc) is 2.65. The van der Waals surface area contributed by atoms with Crippen LogP contribution in [-0.4, -0.2) is 24.9 Å². The lowest BCUT2D eigenvalue weighted by atomic mass is 10.2. The summed E-state index contributed by atoms with van der Waals surface area (Å²) >= 11 is 6.13. The zero-order valence-corrected chi connectivity index (χ0v) is 15.0. The fourth-order valence-electron chi connectivity index (χ4n) is 2.39. The quantitative estimate of drug-likeness (QED) is 0.557. The minimum Gasteiger partial charge on any atom is -0.497 e. The Labute approximate surface area is 158 Å². The maximum atomic E-state index is 12.4. The third-order valence-electron chi connectivity index (χ3n) is 3.67. The lowest BCUT2D eigenvalue weighted by Gasteiger charge is -2.14. The highest BCUT2D eigenvalue weighted by atomic mass is 35.5. The molecule has 0 fully saturated rings. The Morgan fingerprint density at radius 3 is 2.44 bits per heavy atom. The maximum Gasteiger partial charge on any atom is 0.422 e. The molecule has 0 saturated carbocycles. The summed E-state index contributed by atoms with van der Waals surface area (Å²) in [5.41, 5.74) is 1.17. The van der Waals surface area contributed by atoms with Crippen molar-refractivity contribution in [3.8, 4) is 17.4 Å². The van der Waals surface area contributed by atoms with Crippen molar-refractivity contribution in [1.29, 1.82) is 0 Å². The summed E-state index contributed by atoms with van der Waals surface area (Å²) in [6.07, 6.45) is -4.47. The van der Waals surface area contributed by atoms with Crippen LogP contribution in [0.5, 0.6) is 17.4 Å². The Balaban J connectivity index is 1.88. The number of ether oxygens (including phenoxy) is 3. The number of fused-ring (bicyclic) bond motifs is 1. The van der Waals surface area contributed by atoms with Crippen molar-refractivity contribution in [2.75, 3.05) is 13.7 Å². The first-order valence-corrected chi connectivity index (χ1v) is 8.28. The molecule has 3 aromatic rings. The number of pyridine rings is 1. The van der Waals surface area contributed by atoms with E-state index in [4.69, 9.17) is 25.8 Å². The number of benzene rings is 2. The molecule has 0 aliphatic carbocycles. The highest BCUT2D eigenvalue weighted by molar-refractivity contribution is 6.35. The van der Waals surface area contributed by atoms with Gasteiger partial charge in [-0.3, -0.25) is 0 Å². The number of methoxy groups -OCH3 is 1. The van der Waals surface area contributed by atoms with E-state index >= 15 is 0 Å². The largest absolute Gasteiger partial charge is 0.497 e. The lowest BCUT2D eigenvalue weighted by Crippen LogP contribution is -2.19. The molecule has 27 heavy (non-hydrogen) atoms. The monoisotopic (exact) mass is 397 g/mol. The van der Waals surface area contributed by atoms with Crippen LogP contribution < -0.4 is 14.2 Å². The van der Waals surface area contributed by atoms with E-state index in [9.17, 15) is 13.2 Å². The normalized spacial score (nSPS) is 11.4. The first-order valence-electron chi connectivity index (χ1n) is 7.90. The van der Waals surface area contributed by atoms with Gasteiger partial charge < -0.3 is 14.2 Å². The van der Waals surface area contributed by atoms with Gasteiger partial charge in [0.2, 0.25) is 5.88 Å². The lowest BCUT2D eigenvalue weighted by molar-refractivity contribution is -0.154. The first-order chi connectivity index (χ1) is 12.9. The Bertz CT molecular complexity index is 930. The Kier molecular flexibility index (Phi) is 5.60. The molecule has 0 aliphatic heterocycles. The van der Waals surface area contributed by atoms with Crippen molar-refractivity contribution < 1.29 is 27.4 Å². The minimum atomic E-state index is -4.47. The molecule has 8 heteroatoms. The van der Waals surface area contributed by atoms with E-state index < -0.39 is 12.8 Å². The summed E-state index contributed by atoms with van der Waals surface area (Å²) in [6, 6.07) is 13.6. The van der Waals surface area contributed by atoms with Crippen molar-refractivity contribution in [1.82, 2.24) is 4.98 Å². The van der Waals surface area contributed by atoms with Gasteiger partial charge in [-0.05, 0) is 29.8 Å². The second kappa shape index (κ2) is 7.92. The smallest absolute Gasteiger partial charge is 0.422 e. The fourth-order valence-corrected chi connectivity index (χ4v) is 2.61. The number of hydrogen-bond donors (Lipinski definition) is 0. The molecule has 0 unspecified atom stereocenters. The van der Waals surface area contributed by atoms with E-state index in [1.165, 1.54) is 6.07 Å². The number of halogens is 4. The molecular weight excluding hydrogens is 383 g/mol. The summed E-state index contributed by atoms with van der Waals surface area (Å²) in [5.74, 6) is 0.830. The second-order valence-corrected chi connectivity index (χ2v) is 6.04. The number of alkyl halides is 3. The van der Waals surface area contributed by atoms with E-state index in [0.717, 1.165) is 5.56 Å². The molecule has 4 nitrogen and oxygen atoms in total. The summed E-state index contributed by atoms with van der Waals surface area (Å²) in [6.45, 7) is -1.25. The summed E-state index contributed by atoms with van der Waals surface area (Å²) < 4.78 is 53.0. The van der Waals surface area contributed by atoms with Crippen LogP contribution in [-0.2, 0) is 6.61 Å². The minimum absolute atomic E-state index is 0.203. The van der Waals surface area contributed by atoms with Crippen LogP contribution in [0.4, 0.5) is 13.2 Å². The molecule has 0 radical (unpaired) electrons. The standard InChI is InChI=1S/C19H15ClF3NO3/c1-25-13-7-5-12(6-8-13)10-26-16-9-17(27-11-19(21,22)23)24-18-14(16)3-2-4-15(18)20/h2-9H,10-11H2,1H3. The molecule has 3 rings (SSSR count). The van der Waals surface area contributed by atoms with Crippen molar-refractivity contribution in [3.63, 3.8) is 0 Å². The number of para-hydroxylation sites is 1. The van der Waals surface area contributed by atoms with Crippen molar-refractivity contribution in [2.24, 2.45) is 0 Å². The zero-order valence-electron chi connectivity index (χ0n) is 14.2. The summed E-state index contributed by atoms with van der Waals surface area (Å²) in [7, 11) is 1.57. The molecule has 0 atom stereocenters. The highest BCUT2D eigenvalue weighted by Gasteiger charge is 2.29. The van der Waals surface area contributed by atoms with E-state index in [2.05, 4.69) is 4.98 Å². The molecule has 0 N–H and O–H groups in total. The van der Waals surface area contributed by atoms with Crippen molar-refractivity contribution in [3.05, 3.63) is 59.1 Å². The number of rotatable bonds is 6. The fraction of sp³-hybridized carbons (Fsp3) is 0.211. The summed E-state index contributed by atoms with van der Waals surface area (Å²) in [4.78, 5) is 4.07. The molecule has 2 aromatic carbocycles. The number of hydrogen-bond acceptors (Lipinski definition) is 4. The van der Waals surface area contributed by atoms with Gasteiger partial charge in [-0.1, -0.05) is 29.8 Å². The Hall–Kier alpha value is -2.67. The van der Waals surface area contributed by atoms with Crippen LogP contribution in [0.25, 0.3) is 10.9 Å². The molecule has 1 heterocycles. The second-order valence-electron chi connectivity index (χ2n) is 5.64. The molecule has 0 amide bonds. The van der Waals surface area contributed by atoms with Gasteiger partial charge in [0, 0.05) is 11.5 Å². The van der Waals surface area contributed by atoms with Gasteiger partial charge in [0.1, 0.15) is 18.1 Å². The van der Waals surface area contributed by atoms with Gasteiger partial charge in [-0.25, -0.2) is 4.98 Å². The van der Waals surface area contributed by atoms with Crippen LogP contribution in [0.1, 0.15) is 5.56 Å². The van der Waals surface area contributed by atoms with Gasteiger partial charge >= 0.3 is 6.18 Å². The Morgan fingerprint density at radius 2 is 1.78 bits per heavy atom. The predicted molar refractivity (Wildman–Crippen MR) is 95.6 cm³/mol. The molecule has 0 aliphatic rings. The van der Waals surface area contributed by atoms with Crippen LogP contribution in [0.2, 0.25) is 5.02 Å². The molecule has 142 valence electrons. The third-order valence-corrected chi connectivity index (χ3v) is 3.97. The van der Waals surface area contributed by atoms with Gasteiger partial charge in [0.15, 0.2) is 6.61 Å². The maximum absolute atomic E-state index is 12.4. The van der Waals surface area contributed by atoms with Crippen LogP contribution in [0.3, 0.4) is 0 Å². The number of aromatic nitrogens is 1. The van der Waals surface area contributed by atoms with Gasteiger partial charge in [-0.15, -0.1) is 0 Å². The zero-order chi connectivity index (χ0) is 19.4. The SMILES string of the molecule is COc1ccc(COc2cc(OCC(F)(F)F)nc3c(Cl)cccc23)cc1. The third kappa shape index (κ3) is 4.95. The highest BCUT2D eigenvalue weighted by Crippen LogP contribution is 2.33. The van der Waals surface area contributed by atoms with Crippen molar-refractivity contribution >= 4 is 22.5 Å². The first kappa shape index (κ1) is 19.1.